The van der Waals surface area contributed by atoms with Crippen LogP contribution in [0.4, 0.5) is 0 Å². The summed E-state index contributed by atoms with van der Waals surface area (Å²) < 4.78 is 10.8. The Labute approximate surface area is 115 Å². The Bertz CT molecular complexity index is 640. The number of halogens is 1. The zero-order chi connectivity index (χ0) is 13.8. The van der Waals surface area contributed by atoms with E-state index in [0.717, 1.165) is 12.0 Å². The second kappa shape index (κ2) is 5.75. The highest BCUT2D eigenvalue weighted by molar-refractivity contribution is 6.31. The molecule has 2 aromatic rings. The van der Waals surface area contributed by atoms with Gasteiger partial charge in [0.1, 0.15) is 0 Å². The van der Waals surface area contributed by atoms with Crippen LogP contribution in [0.3, 0.4) is 0 Å². The highest BCUT2D eigenvalue weighted by atomic mass is 35.5. The molecule has 100 valence electrons. The molecule has 5 nitrogen and oxygen atoms in total. The Morgan fingerprint density at radius 2 is 2.16 bits per heavy atom. The molecule has 19 heavy (non-hydrogen) atoms. The van der Waals surface area contributed by atoms with E-state index in [1.807, 2.05) is 19.1 Å². The Balaban J connectivity index is 2.38. The fraction of sp³-hybridized carbons (Fsp3) is 0.231. The Hall–Kier alpha value is -2.01. The number of rotatable bonds is 4. The number of H-pyrrole nitrogens is 1. The average molecular weight is 281 g/mol. The Morgan fingerprint density at radius 3 is 2.84 bits per heavy atom. The lowest BCUT2D eigenvalue weighted by molar-refractivity contribution is 0.373. The summed E-state index contributed by atoms with van der Waals surface area (Å²) in [6.07, 6.45) is 2.12. The number of nitrogens with zero attached hydrogens (tertiary/aromatic N) is 1. The van der Waals surface area contributed by atoms with Crippen molar-refractivity contribution in [2.45, 2.75) is 13.3 Å². The van der Waals surface area contributed by atoms with Gasteiger partial charge >= 0.3 is 0 Å². The molecule has 1 aromatic heterocycles. The molecule has 0 unspecified atom stereocenters. The molecule has 0 amide bonds. The van der Waals surface area contributed by atoms with Gasteiger partial charge in [0.05, 0.1) is 13.4 Å². The number of hydrogen-bond acceptors (Lipinski definition) is 4. The fourth-order valence-corrected chi connectivity index (χ4v) is 1.70. The van der Waals surface area contributed by atoms with Crippen LogP contribution >= 0.6 is 11.6 Å². The molecule has 0 saturated carbocycles. The van der Waals surface area contributed by atoms with Crippen LogP contribution in [-0.4, -0.2) is 17.1 Å². The molecule has 0 aliphatic rings. The Morgan fingerprint density at radius 1 is 1.37 bits per heavy atom. The Kier molecular flexibility index (Phi) is 4.06. The summed E-state index contributed by atoms with van der Waals surface area (Å²) in [4.78, 5) is 17.6. The molecule has 0 bridgehead atoms. The van der Waals surface area contributed by atoms with Crippen LogP contribution in [0.1, 0.15) is 12.5 Å². The number of aromatic nitrogens is 2. The van der Waals surface area contributed by atoms with Crippen LogP contribution in [0.25, 0.3) is 0 Å². The van der Waals surface area contributed by atoms with Crippen LogP contribution in [0, 0.1) is 0 Å². The highest BCUT2D eigenvalue weighted by Gasteiger charge is 2.12. The third-order valence-electron chi connectivity index (χ3n) is 2.61. The molecule has 1 N–H and O–H groups in total. The van der Waals surface area contributed by atoms with E-state index in [2.05, 4.69) is 9.97 Å². The van der Waals surface area contributed by atoms with E-state index >= 15 is 0 Å². The van der Waals surface area contributed by atoms with Crippen molar-refractivity contribution in [1.29, 1.82) is 0 Å². The summed E-state index contributed by atoms with van der Waals surface area (Å²) in [6.45, 7) is 2.05. The third kappa shape index (κ3) is 2.88. The summed E-state index contributed by atoms with van der Waals surface area (Å²) in [5, 5.41) is -0.0934. The molecule has 1 aromatic carbocycles. The van der Waals surface area contributed by atoms with E-state index < -0.39 is 5.56 Å². The number of benzene rings is 1. The molecule has 0 radical (unpaired) electrons. The first kappa shape index (κ1) is 13.4. The summed E-state index contributed by atoms with van der Waals surface area (Å²) >= 11 is 5.83. The number of methoxy groups -OCH3 is 1. The predicted octanol–water partition coefficient (Wildman–Crippen LogP) is 2.79. The van der Waals surface area contributed by atoms with Crippen molar-refractivity contribution in [1.82, 2.24) is 9.97 Å². The minimum atomic E-state index is -0.448. The van der Waals surface area contributed by atoms with E-state index in [1.54, 1.807) is 13.2 Å². The smallest absolute Gasteiger partial charge is 0.273 e. The lowest BCUT2D eigenvalue weighted by atomic mass is 10.1. The first-order valence-electron chi connectivity index (χ1n) is 5.73. The third-order valence-corrected chi connectivity index (χ3v) is 2.94. The van der Waals surface area contributed by atoms with Crippen LogP contribution in [0.15, 0.2) is 29.3 Å². The van der Waals surface area contributed by atoms with Gasteiger partial charge in [-0.05, 0) is 24.1 Å². The van der Waals surface area contributed by atoms with E-state index in [4.69, 9.17) is 21.1 Å². The van der Waals surface area contributed by atoms with Crippen molar-refractivity contribution in [3.05, 3.63) is 45.5 Å². The molecule has 6 heteroatoms. The summed E-state index contributed by atoms with van der Waals surface area (Å²) in [7, 11) is 1.55. The van der Waals surface area contributed by atoms with Crippen LogP contribution < -0.4 is 15.0 Å². The largest absolute Gasteiger partial charge is 0.493 e. The highest BCUT2D eigenvalue weighted by Crippen LogP contribution is 2.33. The quantitative estimate of drug-likeness (QED) is 0.935. The van der Waals surface area contributed by atoms with Crippen molar-refractivity contribution in [3.63, 3.8) is 0 Å². The summed E-state index contributed by atoms with van der Waals surface area (Å²) in [5.74, 6) is 1.07. The molecule has 0 spiro atoms. The van der Waals surface area contributed by atoms with Crippen LogP contribution in [-0.2, 0) is 6.42 Å². The maximum Gasteiger partial charge on any atom is 0.273 e. The molecule has 0 fully saturated rings. The van der Waals surface area contributed by atoms with Gasteiger partial charge in [-0.3, -0.25) is 4.79 Å². The van der Waals surface area contributed by atoms with Gasteiger partial charge in [-0.2, -0.15) is 0 Å². The van der Waals surface area contributed by atoms with Gasteiger partial charge in [-0.25, -0.2) is 4.98 Å². The van der Waals surface area contributed by atoms with Crippen LogP contribution in [0.2, 0.25) is 5.02 Å². The zero-order valence-electron chi connectivity index (χ0n) is 10.6. The summed E-state index contributed by atoms with van der Waals surface area (Å²) in [6, 6.07) is 5.55. The molecule has 1 heterocycles. The van der Waals surface area contributed by atoms with Crippen molar-refractivity contribution in [2.24, 2.45) is 0 Å². The number of ether oxygens (including phenoxy) is 2. The van der Waals surface area contributed by atoms with Gasteiger partial charge < -0.3 is 14.5 Å². The topological polar surface area (TPSA) is 64.2 Å². The second-order valence-corrected chi connectivity index (χ2v) is 4.17. The number of hydrogen-bond donors (Lipinski definition) is 1. The minimum absolute atomic E-state index is 0.0490. The van der Waals surface area contributed by atoms with Gasteiger partial charge in [0.25, 0.3) is 5.56 Å². The monoisotopic (exact) mass is 280 g/mol. The van der Waals surface area contributed by atoms with E-state index in [9.17, 15) is 4.79 Å². The van der Waals surface area contributed by atoms with Gasteiger partial charge in [0.2, 0.25) is 5.88 Å². The van der Waals surface area contributed by atoms with E-state index in [-0.39, 0.29) is 10.9 Å². The molecule has 2 rings (SSSR count). The first-order chi connectivity index (χ1) is 9.15. The lowest BCUT2D eigenvalue weighted by Gasteiger charge is -2.11. The van der Waals surface area contributed by atoms with Gasteiger partial charge in [0.15, 0.2) is 16.5 Å². The van der Waals surface area contributed by atoms with E-state index in [0.29, 0.717) is 11.5 Å². The maximum absolute atomic E-state index is 11.3. The van der Waals surface area contributed by atoms with Gasteiger partial charge in [-0.15, -0.1) is 0 Å². The predicted molar refractivity (Wildman–Crippen MR) is 72.3 cm³/mol. The van der Waals surface area contributed by atoms with E-state index in [1.165, 1.54) is 6.33 Å². The minimum Gasteiger partial charge on any atom is -0.493 e. The molecular formula is C13H13ClN2O3. The maximum atomic E-state index is 11.3. The van der Waals surface area contributed by atoms with Gasteiger partial charge in [-0.1, -0.05) is 24.6 Å². The zero-order valence-corrected chi connectivity index (χ0v) is 11.3. The molecular weight excluding hydrogens is 268 g/mol. The fourth-order valence-electron chi connectivity index (χ4n) is 1.56. The number of aromatic amines is 1. The molecule has 0 saturated heterocycles. The van der Waals surface area contributed by atoms with Crippen molar-refractivity contribution >= 4 is 11.6 Å². The van der Waals surface area contributed by atoms with Crippen molar-refractivity contribution in [2.75, 3.05) is 7.11 Å². The standard InChI is InChI=1S/C13H13ClN2O3/c1-3-8-4-5-9(10(6-8)18-2)19-13-11(14)12(17)15-7-16-13/h4-7H,3H2,1-2H3,(H,15,16,17). The normalized spacial score (nSPS) is 10.3. The lowest BCUT2D eigenvalue weighted by Crippen LogP contribution is -2.08. The molecule has 0 aliphatic carbocycles. The molecule has 0 atom stereocenters. The SMILES string of the molecule is CCc1ccc(Oc2nc[nH]c(=O)c2Cl)c(OC)c1. The van der Waals surface area contributed by atoms with Crippen LogP contribution in [0.5, 0.6) is 17.4 Å². The molecule has 0 aliphatic heterocycles. The first-order valence-corrected chi connectivity index (χ1v) is 6.11. The average Bonchev–Trinajstić information content (AvgIpc) is 2.44. The van der Waals surface area contributed by atoms with Crippen molar-refractivity contribution in [3.8, 4) is 17.4 Å². The number of aryl methyl sites for hydroxylation is 1. The number of nitrogens with one attached hydrogen (secondary N) is 1. The summed E-state index contributed by atoms with van der Waals surface area (Å²) in [5.41, 5.74) is 0.671. The van der Waals surface area contributed by atoms with Crippen molar-refractivity contribution < 1.29 is 9.47 Å². The van der Waals surface area contributed by atoms with Gasteiger partial charge in [0, 0.05) is 0 Å². The second-order valence-electron chi connectivity index (χ2n) is 3.79.